The predicted molar refractivity (Wildman–Crippen MR) is 91.5 cm³/mol. The van der Waals surface area contributed by atoms with E-state index in [4.69, 9.17) is 4.74 Å². The number of nitrogens with one attached hydrogen (secondary N) is 1. The Bertz CT molecular complexity index is 512. The van der Waals surface area contributed by atoms with Gasteiger partial charge >= 0.3 is 0 Å². The van der Waals surface area contributed by atoms with E-state index >= 15 is 0 Å². The molecule has 5 heteroatoms. The van der Waals surface area contributed by atoms with Gasteiger partial charge in [0, 0.05) is 42.3 Å². The van der Waals surface area contributed by atoms with Gasteiger partial charge in [-0.05, 0) is 30.9 Å². The first-order valence-electron chi connectivity index (χ1n) is 8.22. The van der Waals surface area contributed by atoms with Crippen molar-refractivity contribution in [2.75, 3.05) is 33.3 Å². The van der Waals surface area contributed by atoms with Crippen LogP contribution in [0.3, 0.4) is 0 Å². The lowest BCUT2D eigenvalue weighted by molar-refractivity contribution is 0.123. The summed E-state index contributed by atoms with van der Waals surface area (Å²) in [5, 5.41) is 14.1. The first-order valence-corrected chi connectivity index (χ1v) is 9.01. The molecule has 22 heavy (non-hydrogen) atoms. The zero-order valence-corrected chi connectivity index (χ0v) is 14.7. The van der Waals surface area contributed by atoms with Crippen molar-refractivity contribution in [2.24, 2.45) is 5.92 Å². The van der Waals surface area contributed by atoms with Crippen LogP contribution in [0.4, 0.5) is 0 Å². The van der Waals surface area contributed by atoms with Gasteiger partial charge in [-0.2, -0.15) is 0 Å². The molecule has 2 N–H and O–H groups in total. The third-order valence-corrected chi connectivity index (χ3v) is 5.46. The van der Waals surface area contributed by atoms with Gasteiger partial charge in [0.2, 0.25) is 0 Å². The number of phenols is 1. The van der Waals surface area contributed by atoms with E-state index in [1.807, 2.05) is 6.07 Å². The number of hydrogen-bond donors (Lipinski definition) is 2. The topological polar surface area (TPSA) is 44.7 Å². The normalized spacial score (nSPS) is 21.9. The maximum Gasteiger partial charge on any atom is 0.162 e. The van der Waals surface area contributed by atoms with Crippen molar-refractivity contribution >= 4 is 15.9 Å². The Morgan fingerprint density at radius 2 is 1.95 bits per heavy atom. The molecular formula is C17H25BrN2O2. The third-order valence-electron chi connectivity index (χ3n) is 5.00. The largest absolute Gasteiger partial charge is 0.504 e. The Labute approximate surface area is 141 Å². The zero-order chi connectivity index (χ0) is 15.5. The summed E-state index contributed by atoms with van der Waals surface area (Å²) in [6.45, 7) is 4.12. The van der Waals surface area contributed by atoms with E-state index in [1.54, 1.807) is 7.11 Å². The lowest BCUT2D eigenvalue weighted by Crippen LogP contribution is -2.46. The number of benzene rings is 1. The Kier molecular flexibility index (Phi) is 5.26. The minimum absolute atomic E-state index is 0.288. The van der Waals surface area contributed by atoms with Crippen LogP contribution in [0.2, 0.25) is 0 Å². The summed E-state index contributed by atoms with van der Waals surface area (Å²) in [5.74, 6) is 1.49. The molecule has 0 spiro atoms. The molecule has 0 amide bonds. The Morgan fingerprint density at radius 3 is 2.59 bits per heavy atom. The Hall–Kier alpha value is -0.780. The zero-order valence-electron chi connectivity index (χ0n) is 13.1. The number of hydrogen-bond acceptors (Lipinski definition) is 4. The maximum atomic E-state index is 10.7. The van der Waals surface area contributed by atoms with Gasteiger partial charge in [-0.1, -0.05) is 28.8 Å². The standard InChI is InChI=1S/C17H25BrN2O2/c1-22-15-11-13(18)10-14(17(15)21)16(12-4-2-3-5-12)20-8-6-19-7-9-20/h10-12,16,19,21H,2-9H2,1H3/t16-/m1/s1. The molecule has 2 aliphatic rings. The van der Waals surface area contributed by atoms with Crippen molar-refractivity contribution < 1.29 is 9.84 Å². The molecule has 122 valence electrons. The SMILES string of the molecule is COc1cc(Br)cc([C@@H](C2CCCC2)N2CCNCC2)c1O. The summed E-state index contributed by atoms with van der Waals surface area (Å²) in [6, 6.07) is 4.20. The van der Waals surface area contributed by atoms with Crippen LogP contribution in [-0.2, 0) is 0 Å². The van der Waals surface area contributed by atoms with Gasteiger partial charge in [0.25, 0.3) is 0 Å². The van der Waals surface area contributed by atoms with Gasteiger partial charge in [0.05, 0.1) is 7.11 Å². The summed E-state index contributed by atoms with van der Waals surface area (Å²) < 4.78 is 6.32. The highest BCUT2D eigenvalue weighted by molar-refractivity contribution is 9.10. The summed E-state index contributed by atoms with van der Waals surface area (Å²) in [7, 11) is 1.61. The average molecular weight is 369 g/mol. The molecule has 1 atom stereocenters. The fourth-order valence-corrected chi connectivity index (χ4v) is 4.41. The molecule has 0 aromatic heterocycles. The summed E-state index contributed by atoms with van der Waals surface area (Å²) in [4.78, 5) is 2.54. The number of rotatable bonds is 4. The van der Waals surface area contributed by atoms with E-state index in [0.29, 0.717) is 17.4 Å². The Balaban J connectivity index is 1.99. The summed E-state index contributed by atoms with van der Waals surface area (Å²) >= 11 is 3.57. The fraction of sp³-hybridized carbons (Fsp3) is 0.647. The molecule has 1 aromatic rings. The molecule has 2 fully saturated rings. The number of methoxy groups -OCH3 is 1. The predicted octanol–water partition coefficient (Wildman–Crippen LogP) is 3.30. The Morgan fingerprint density at radius 1 is 1.27 bits per heavy atom. The number of phenolic OH excluding ortho intramolecular Hbond substituents is 1. The molecule has 1 heterocycles. The van der Waals surface area contributed by atoms with Crippen LogP contribution in [0, 0.1) is 5.92 Å². The van der Waals surface area contributed by atoms with Gasteiger partial charge in [-0.15, -0.1) is 0 Å². The number of piperazine rings is 1. The van der Waals surface area contributed by atoms with Crippen LogP contribution in [-0.4, -0.2) is 43.3 Å². The third kappa shape index (κ3) is 3.26. The van der Waals surface area contributed by atoms with E-state index in [-0.39, 0.29) is 6.04 Å². The van der Waals surface area contributed by atoms with Crippen LogP contribution >= 0.6 is 15.9 Å². The lowest BCUT2D eigenvalue weighted by Gasteiger charge is -2.39. The van der Waals surface area contributed by atoms with Crippen LogP contribution in [0.1, 0.15) is 37.3 Å². The molecule has 1 saturated carbocycles. The lowest BCUT2D eigenvalue weighted by atomic mass is 9.89. The monoisotopic (exact) mass is 368 g/mol. The van der Waals surface area contributed by atoms with Crippen LogP contribution < -0.4 is 10.1 Å². The van der Waals surface area contributed by atoms with E-state index in [2.05, 4.69) is 32.2 Å². The van der Waals surface area contributed by atoms with Crippen molar-refractivity contribution in [1.29, 1.82) is 0 Å². The van der Waals surface area contributed by atoms with Crippen LogP contribution in [0.25, 0.3) is 0 Å². The highest BCUT2D eigenvalue weighted by Crippen LogP contribution is 2.46. The molecule has 1 aliphatic carbocycles. The molecule has 1 saturated heterocycles. The molecule has 1 aliphatic heterocycles. The van der Waals surface area contributed by atoms with Gasteiger partial charge in [0.15, 0.2) is 11.5 Å². The number of nitrogens with zero attached hydrogens (tertiary/aromatic N) is 1. The van der Waals surface area contributed by atoms with Crippen molar-refractivity contribution in [3.8, 4) is 11.5 Å². The second-order valence-corrected chi connectivity index (χ2v) is 7.24. The molecular weight excluding hydrogens is 344 g/mol. The van der Waals surface area contributed by atoms with Gasteiger partial charge in [0.1, 0.15) is 0 Å². The number of halogens is 1. The highest BCUT2D eigenvalue weighted by Gasteiger charge is 2.34. The van der Waals surface area contributed by atoms with Crippen molar-refractivity contribution in [3.63, 3.8) is 0 Å². The second-order valence-electron chi connectivity index (χ2n) is 6.32. The smallest absolute Gasteiger partial charge is 0.162 e. The minimum Gasteiger partial charge on any atom is -0.504 e. The summed E-state index contributed by atoms with van der Waals surface area (Å²) in [6.07, 6.45) is 5.12. The molecule has 3 rings (SSSR count). The molecule has 4 nitrogen and oxygen atoms in total. The highest BCUT2D eigenvalue weighted by atomic mass is 79.9. The van der Waals surface area contributed by atoms with Crippen molar-refractivity contribution in [1.82, 2.24) is 10.2 Å². The average Bonchev–Trinajstić information content (AvgIpc) is 3.05. The first kappa shape index (κ1) is 16.1. The van der Waals surface area contributed by atoms with E-state index < -0.39 is 0 Å². The van der Waals surface area contributed by atoms with Crippen molar-refractivity contribution in [3.05, 3.63) is 22.2 Å². The molecule has 0 bridgehead atoms. The molecule has 1 aromatic carbocycles. The first-order chi connectivity index (χ1) is 10.7. The van der Waals surface area contributed by atoms with Crippen LogP contribution in [0.5, 0.6) is 11.5 Å². The van der Waals surface area contributed by atoms with Crippen molar-refractivity contribution in [2.45, 2.75) is 31.7 Å². The molecule has 0 unspecified atom stereocenters. The quantitative estimate of drug-likeness (QED) is 0.855. The maximum absolute atomic E-state index is 10.7. The van der Waals surface area contributed by atoms with E-state index in [0.717, 1.165) is 36.2 Å². The van der Waals surface area contributed by atoms with Gasteiger partial charge < -0.3 is 15.2 Å². The van der Waals surface area contributed by atoms with Crippen LogP contribution in [0.15, 0.2) is 16.6 Å². The summed E-state index contributed by atoms with van der Waals surface area (Å²) in [5.41, 5.74) is 1.01. The molecule has 0 radical (unpaired) electrons. The second kappa shape index (κ2) is 7.20. The van der Waals surface area contributed by atoms with E-state index in [9.17, 15) is 5.11 Å². The van der Waals surface area contributed by atoms with E-state index in [1.165, 1.54) is 25.7 Å². The van der Waals surface area contributed by atoms with Gasteiger partial charge in [-0.3, -0.25) is 4.90 Å². The van der Waals surface area contributed by atoms with Gasteiger partial charge in [-0.25, -0.2) is 0 Å². The minimum atomic E-state index is 0.288. The fourth-order valence-electron chi connectivity index (χ4n) is 3.96. The number of ether oxygens (including phenoxy) is 1. The number of aromatic hydroxyl groups is 1.